The second kappa shape index (κ2) is 7.44. The fourth-order valence-corrected chi connectivity index (χ4v) is 2.88. The summed E-state index contributed by atoms with van der Waals surface area (Å²) in [6, 6.07) is 16.1. The van der Waals surface area contributed by atoms with Gasteiger partial charge in [0.15, 0.2) is 0 Å². The molecule has 24 heavy (non-hydrogen) atoms. The first kappa shape index (κ1) is 16.4. The zero-order valence-electron chi connectivity index (χ0n) is 13.0. The average molecular weight is 329 g/mol. The van der Waals surface area contributed by atoms with Crippen LogP contribution in [0.3, 0.4) is 0 Å². The van der Waals surface area contributed by atoms with Gasteiger partial charge in [0.05, 0.1) is 6.61 Å². The Morgan fingerprint density at radius 1 is 1.08 bits per heavy atom. The van der Waals surface area contributed by atoms with E-state index in [1.54, 1.807) is 0 Å². The predicted molar refractivity (Wildman–Crippen MR) is 87.2 cm³/mol. The molecule has 1 atom stereocenters. The number of hydroxylamine groups is 1. The molecule has 2 aromatic carbocycles. The molecular formula is C18H19NO5. The van der Waals surface area contributed by atoms with Crippen LogP contribution in [0.5, 0.6) is 0 Å². The Morgan fingerprint density at radius 2 is 1.67 bits per heavy atom. The van der Waals surface area contributed by atoms with Gasteiger partial charge in [-0.3, -0.25) is 4.84 Å². The van der Waals surface area contributed by atoms with Crippen LogP contribution in [0.1, 0.15) is 17.0 Å². The van der Waals surface area contributed by atoms with E-state index in [-0.39, 0.29) is 19.1 Å². The first-order chi connectivity index (χ1) is 11.7. The van der Waals surface area contributed by atoms with Gasteiger partial charge in [-0.05, 0) is 22.3 Å². The number of hydrogen-bond acceptors (Lipinski definition) is 5. The molecular weight excluding hydrogens is 310 g/mol. The normalized spacial score (nSPS) is 13.9. The third-order valence-electron chi connectivity index (χ3n) is 3.99. The molecule has 0 unspecified atom stereocenters. The maximum absolute atomic E-state index is 11.7. The van der Waals surface area contributed by atoms with Crippen LogP contribution in [0.2, 0.25) is 0 Å². The number of carbonyl (C=O) groups excluding carboxylic acids is 1. The Kier molecular flexibility index (Phi) is 5.10. The van der Waals surface area contributed by atoms with E-state index in [4.69, 9.17) is 19.8 Å². The van der Waals surface area contributed by atoms with Crippen molar-refractivity contribution in [1.82, 2.24) is 5.48 Å². The van der Waals surface area contributed by atoms with Crippen molar-refractivity contribution in [3.8, 4) is 11.1 Å². The molecule has 6 nitrogen and oxygen atoms in total. The van der Waals surface area contributed by atoms with E-state index < -0.39 is 18.8 Å². The number of amides is 1. The van der Waals surface area contributed by atoms with Crippen LogP contribution in [0.4, 0.5) is 4.79 Å². The number of carbonyl (C=O) groups is 1. The molecule has 0 fully saturated rings. The van der Waals surface area contributed by atoms with Gasteiger partial charge in [0.25, 0.3) is 0 Å². The topological polar surface area (TPSA) is 88.0 Å². The molecule has 3 N–H and O–H groups in total. The van der Waals surface area contributed by atoms with E-state index in [1.807, 2.05) is 36.4 Å². The molecule has 0 radical (unpaired) electrons. The van der Waals surface area contributed by atoms with Crippen LogP contribution in [0, 0.1) is 0 Å². The first-order valence-electron chi connectivity index (χ1n) is 7.72. The molecule has 0 aliphatic heterocycles. The fourth-order valence-electron chi connectivity index (χ4n) is 2.88. The molecule has 0 spiro atoms. The Labute approximate surface area is 139 Å². The number of fused-ring (bicyclic) bond motifs is 3. The summed E-state index contributed by atoms with van der Waals surface area (Å²) in [6.45, 7) is -0.459. The smallest absolute Gasteiger partial charge is 0.431 e. The first-order valence-corrected chi connectivity index (χ1v) is 7.72. The Bertz CT molecular complexity index is 673. The number of aliphatic hydroxyl groups is 2. The molecule has 6 heteroatoms. The molecule has 0 bridgehead atoms. The lowest BCUT2D eigenvalue weighted by atomic mass is 9.98. The minimum absolute atomic E-state index is 0.0221. The molecule has 3 rings (SSSR count). The summed E-state index contributed by atoms with van der Waals surface area (Å²) >= 11 is 0. The van der Waals surface area contributed by atoms with Crippen LogP contribution < -0.4 is 5.48 Å². The van der Waals surface area contributed by atoms with Crippen molar-refractivity contribution in [3.05, 3.63) is 59.7 Å². The summed E-state index contributed by atoms with van der Waals surface area (Å²) < 4.78 is 5.24. The van der Waals surface area contributed by atoms with E-state index in [9.17, 15) is 4.79 Å². The van der Waals surface area contributed by atoms with Crippen LogP contribution >= 0.6 is 0 Å². The summed E-state index contributed by atoms with van der Waals surface area (Å²) in [4.78, 5) is 16.5. The Hall–Kier alpha value is -2.41. The highest BCUT2D eigenvalue weighted by Gasteiger charge is 2.28. The van der Waals surface area contributed by atoms with Gasteiger partial charge < -0.3 is 14.9 Å². The predicted octanol–water partition coefficient (Wildman–Crippen LogP) is 1.81. The van der Waals surface area contributed by atoms with Crippen molar-refractivity contribution < 1.29 is 24.6 Å². The van der Waals surface area contributed by atoms with Gasteiger partial charge in [0.1, 0.15) is 19.3 Å². The van der Waals surface area contributed by atoms with Crippen molar-refractivity contribution in [2.45, 2.75) is 12.0 Å². The van der Waals surface area contributed by atoms with Crippen LogP contribution in [-0.2, 0) is 9.57 Å². The molecule has 0 heterocycles. The van der Waals surface area contributed by atoms with Crippen molar-refractivity contribution in [3.63, 3.8) is 0 Å². The van der Waals surface area contributed by atoms with Gasteiger partial charge in [-0.15, -0.1) is 0 Å². The quantitative estimate of drug-likeness (QED) is 0.704. The van der Waals surface area contributed by atoms with E-state index >= 15 is 0 Å². The highest BCUT2D eigenvalue weighted by atomic mass is 16.7. The second-order valence-electron chi connectivity index (χ2n) is 5.58. The molecule has 1 aliphatic carbocycles. The van der Waals surface area contributed by atoms with Gasteiger partial charge in [0, 0.05) is 5.92 Å². The van der Waals surface area contributed by atoms with E-state index in [0.29, 0.717) is 0 Å². The van der Waals surface area contributed by atoms with Crippen molar-refractivity contribution in [2.75, 3.05) is 19.8 Å². The summed E-state index contributed by atoms with van der Waals surface area (Å²) in [6.07, 6.45) is -1.78. The lowest BCUT2D eigenvalue weighted by Crippen LogP contribution is -2.31. The number of aliphatic hydroxyl groups excluding tert-OH is 2. The SMILES string of the molecule is O=C(NOC[C@@H](O)CO)OCC1c2ccccc2-c2ccccc21. The van der Waals surface area contributed by atoms with Crippen LogP contribution in [0.15, 0.2) is 48.5 Å². The monoisotopic (exact) mass is 329 g/mol. The Balaban J connectivity index is 1.62. The molecule has 2 aromatic rings. The minimum atomic E-state index is -1.04. The van der Waals surface area contributed by atoms with Crippen molar-refractivity contribution in [1.29, 1.82) is 0 Å². The third-order valence-corrected chi connectivity index (χ3v) is 3.99. The number of nitrogens with one attached hydrogen (secondary N) is 1. The number of hydrogen-bond donors (Lipinski definition) is 3. The molecule has 0 saturated carbocycles. The van der Waals surface area contributed by atoms with Gasteiger partial charge in [-0.25, -0.2) is 4.79 Å². The summed E-state index contributed by atoms with van der Waals surface area (Å²) in [5, 5.41) is 17.8. The molecule has 1 aliphatic rings. The van der Waals surface area contributed by atoms with Crippen molar-refractivity contribution >= 4 is 6.09 Å². The second-order valence-corrected chi connectivity index (χ2v) is 5.58. The van der Waals surface area contributed by atoms with Crippen LogP contribution in [0.25, 0.3) is 11.1 Å². The van der Waals surface area contributed by atoms with Gasteiger partial charge in [-0.2, -0.15) is 5.48 Å². The number of benzene rings is 2. The summed E-state index contributed by atoms with van der Waals surface area (Å²) in [5.74, 6) is -0.0221. The standard InChI is InChI=1S/C18H19NO5/c20-9-12(21)10-24-19-18(22)23-11-17-15-7-3-1-5-13(15)14-6-2-4-8-16(14)17/h1-8,12,17,20-21H,9-11H2,(H,19,22)/t12-/m0/s1. The fraction of sp³-hybridized carbons (Fsp3) is 0.278. The molecule has 1 amide bonds. The molecule has 0 aromatic heterocycles. The minimum Gasteiger partial charge on any atom is -0.447 e. The summed E-state index contributed by atoms with van der Waals surface area (Å²) in [7, 11) is 0. The van der Waals surface area contributed by atoms with E-state index in [1.165, 1.54) is 0 Å². The average Bonchev–Trinajstić information content (AvgIpc) is 2.94. The largest absolute Gasteiger partial charge is 0.447 e. The number of ether oxygens (including phenoxy) is 1. The third kappa shape index (κ3) is 3.41. The zero-order valence-corrected chi connectivity index (χ0v) is 13.0. The zero-order chi connectivity index (χ0) is 16.9. The molecule has 126 valence electrons. The van der Waals surface area contributed by atoms with Gasteiger partial charge in [-0.1, -0.05) is 48.5 Å². The highest BCUT2D eigenvalue weighted by Crippen LogP contribution is 2.44. The van der Waals surface area contributed by atoms with E-state index in [0.717, 1.165) is 22.3 Å². The van der Waals surface area contributed by atoms with E-state index in [2.05, 4.69) is 17.6 Å². The highest BCUT2D eigenvalue weighted by molar-refractivity contribution is 5.79. The number of rotatable bonds is 6. The lowest BCUT2D eigenvalue weighted by Gasteiger charge is -2.15. The Morgan fingerprint density at radius 3 is 2.25 bits per heavy atom. The maximum Gasteiger partial charge on any atom is 0.431 e. The van der Waals surface area contributed by atoms with Gasteiger partial charge >= 0.3 is 6.09 Å². The lowest BCUT2D eigenvalue weighted by molar-refractivity contribution is -0.0350. The molecule has 0 saturated heterocycles. The van der Waals surface area contributed by atoms with Crippen molar-refractivity contribution in [2.24, 2.45) is 0 Å². The van der Waals surface area contributed by atoms with Gasteiger partial charge in [0.2, 0.25) is 0 Å². The maximum atomic E-state index is 11.7. The summed E-state index contributed by atoms with van der Waals surface area (Å²) in [5.41, 5.74) is 6.66. The van der Waals surface area contributed by atoms with Crippen LogP contribution in [-0.4, -0.2) is 42.2 Å².